The van der Waals surface area contributed by atoms with Crippen LogP contribution in [0.3, 0.4) is 0 Å². The molecule has 26 heavy (non-hydrogen) atoms. The van der Waals surface area contributed by atoms with E-state index < -0.39 is 10.8 Å². The van der Waals surface area contributed by atoms with Crippen molar-refractivity contribution >= 4 is 40.5 Å². The highest BCUT2D eigenvalue weighted by Gasteiger charge is 2.31. The molecule has 0 fully saturated rings. The van der Waals surface area contributed by atoms with Gasteiger partial charge in [-0.1, -0.05) is 18.2 Å². The first-order chi connectivity index (χ1) is 12.1. The van der Waals surface area contributed by atoms with E-state index >= 15 is 0 Å². The van der Waals surface area contributed by atoms with Crippen molar-refractivity contribution in [2.75, 3.05) is 4.90 Å². The quantitative estimate of drug-likeness (QED) is 0.685. The van der Waals surface area contributed by atoms with Crippen LogP contribution in [0, 0.1) is 6.92 Å². The molecule has 0 saturated carbocycles. The summed E-state index contributed by atoms with van der Waals surface area (Å²) in [4.78, 5) is 20.1. The zero-order valence-electron chi connectivity index (χ0n) is 14.2. The number of para-hydroxylation sites is 1. The number of hydrogen-bond acceptors (Lipinski definition) is 3. The molecule has 0 radical (unpaired) electrons. The number of benzene rings is 2. The maximum Gasteiger partial charge on any atom is 0.233 e. The van der Waals surface area contributed by atoms with Crippen molar-refractivity contribution < 1.29 is 9.00 Å². The maximum atomic E-state index is 13.0. The number of imidazole rings is 1. The molecule has 1 amide bonds. The summed E-state index contributed by atoms with van der Waals surface area (Å²) in [5, 5.41) is 0. The standard InChI is InChI=1S/C19H17N3O2S.ClH/c1-14-6-7-18-16(12-14)22(15-4-2-3-5-17(15)25(18)24)19(23)8-10-21-11-9-20-13-21;/h2-7,9,11-13H,8,10H2,1H3;1H. The number of carbonyl (C=O) groups is 1. The summed E-state index contributed by atoms with van der Waals surface area (Å²) >= 11 is 0. The summed E-state index contributed by atoms with van der Waals surface area (Å²) in [5.41, 5.74) is 2.45. The van der Waals surface area contributed by atoms with Gasteiger partial charge in [0, 0.05) is 25.4 Å². The Kier molecular flexibility index (Phi) is 5.25. The minimum atomic E-state index is -1.28. The summed E-state index contributed by atoms with van der Waals surface area (Å²) in [6.45, 7) is 2.53. The number of nitrogens with zero attached hydrogens (tertiary/aromatic N) is 3. The summed E-state index contributed by atoms with van der Waals surface area (Å²) in [6.07, 6.45) is 5.57. The third kappa shape index (κ3) is 3.18. The molecule has 1 unspecified atom stereocenters. The predicted octanol–water partition coefficient (Wildman–Crippen LogP) is 3.85. The Morgan fingerprint density at radius 3 is 2.65 bits per heavy atom. The highest BCUT2D eigenvalue weighted by atomic mass is 35.5. The van der Waals surface area contributed by atoms with Crippen molar-refractivity contribution in [3.8, 4) is 0 Å². The van der Waals surface area contributed by atoms with Gasteiger partial charge >= 0.3 is 0 Å². The smallest absolute Gasteiger partial charge is 0.233 e. The minimum absolute atomic E-state index is 0. The highest BCUT2D eigenvalue weighted by molar-refractivity contribution is 7.85. The van der Waals surface area contributed by atoms with E-state index in [9.17, 15) is 9.00 Å². The fourth-order valence-electron chi connectivity index (χ4n) is 3.03. The Morgan fingerprint density at radius 2 is 1.88 bits per heavy atom. The summed E-state index contributed by atoms with van der Waals surface area (Å²) in [5.74, 6) is -0.0234. The molecule has 2 aromatic carbocycles. The second kappa shape index (κ2) is 7.43. The Balaban J connectivity index is 0.00000196. The lowest BCUT2D eigenvalue weighted by Gasteiger charge is -2.31. The third-order valence-corrected chi connectivity index (χ3v) is 5.74. The molecule has 3 aromatic rings. The lowest BCUT2D eigenvalue weighted by atomic mass is 10.1. The Morgan fingerprint density at radius 1 is 1.12 bits per heavy atom. The minimum Gasteiger partial charge on any atom is -0.337 e. The number of rotatable bonds is 3. The first-order valence-electron chi connectivity index (χ1n) is 8.05. The summed E-state index contributed by atoms with van der Waals surface area (Å²) in [7, 11) is -1.28. The van der Waals surface area contributed by atoms with E-state index in [1.54, 1.807) is 17.4 Å². The molecule has 0 spiro atoms. The zero-order valence-corrected chi connectivity index (χ0v) is 15.8. The van der Waals surface area contributed by atoms with Gasteiger partial charge in [-0.25, -0.2) is 9.19 Å². The molecule has 0 bridgehead atoms. The number of fused-ring (bicyclic) bond motifs is 2. The number of anilines is 2. The van der Waals surface area contributed by atoms with Gasteiger partial charge in [0.2, 0.25) is 5.91 Å². The molecule has 1 aliphatic heterocycles. The maximum absolute atomic E-state index is 13.0. The largest absolute Gasteiger partial charge is 0.337 e. The molecule has 0 aliphatic carbocycles. The lowest BCUT2D eigenvalue weighted by Crippen LogP contribution is -2.31. The summed E-state index contributed by atoms with van der Waals surface area (Å²) in [6, 6.07) is 13.1. The Bertz CT molecular complexity index is 973. The van der Waals surface area contributed by atoms with E-state index in [0.717, 1.165) is 5.56 Å². The van der Waals surface area contributed by atoms with Crippen LogP contribution in [0.15, 0.2) is 71.0 Å². The number of halogens is 1. The number of hydrogen-bond donors (Lipinski definition) is 0. The molecule has 4 rings (SSSR count). The van der Waals surface area contributed by atoms with Crippen molar-refractivity contribution in [3.63, 3.8) is 0 Å². The van der Waals surface area contributed by atoms with Crippen LogP contribution in [0.25, 0.3) is 0 Å². The van der Waals surface area contributed by atoms with Crippen molar-refractivity contribution in [1.82, 2.24) is 9.55 Å². The van der Waals surface area contributed by atoms with Crippen LogP contribution in [0.2, 0.25) is 0 Å². The van der Waals surface area contributed by atoms with Crippen LogP contribution >= 0.6 is 12.4 Å². The van der Waals surface area contributed by atoms with Crippen LogP contribution in [-0.4, -0.2) is 19.7 Å². The van der Waals surface area contributed by atoms with Gasteiger partial charge in [-0.2, -0.15) is 0 Å². The lowest BCUT2D eigenvalue weighted by molar-refractivity contribution is -0.118. The monoisotopic (exact) mass is 387 g/mol. The topological polar surface area (TPSA) is 55.2 Å². The van der Waals surface area contributed by atoms with E-state index in [1.165, 1.54) is 0 Å². The van der Waals surface area contributed by atoms with E-state index in [2.05, 4.69) is 4.98 Å². The fourth-order valence-corrected chi connectivity index (χ4v) is 4.35. The molecular weight excluding hydrogens is 370 g/mol. The van der Waals surface area contributed by atoms with Crippen molar-refractivity contribution in [2.45, 2.75) is 29.7 Å². The first kappa shape index (κ1) is 18.4. The van der Waals surface area contributed by atoms with Gasteiger partial charge in [0.15, 0.2) is 0 Å². The van der Waals surface area contributed by atoms with Gasteiger partial charge < -0.3 is 4.57 Å². The van der Waals surface area contributed by atoms with Crippen molar-refractivity contribution in [2.24, 2.45) is 0 Å². The van der Waals surface area contributed by atoms with E-state index in [-0.39, 0.29) is 18.3 Å². The second-order valence-electron chi connectivity index (χ2n) is 5.99. The van der Waals surface area contributed by atoms with Crippen LogP contribution in [0.1, 0.15) is 12.0 Å². The number of aryl methyl sites for hydroxylation is 2. The van der Waals surface area contributed by atoms with Crippen molar-refractivity contribution in [1.29, 1.82) is 0 Å². The second-order valence-corrected chi connectivity index (χ2v) is 7.40. The van der Waals surface area contributed by atoms with Gasteiger partial charge in [-0.15, -0.1) is 12.4 Å². The van der Waals surface area contributed by atoms with Gasteiger partial charge in [-0.05, 0) is 36.8 Å². The SMILES string of the molecule is Cc1ccc2c(c1)N(C(=O)CCn1ccnc1)c1ccccc1S2=O.Cl. The van der Waals surface area contributed by atoms with Crippen LogP contribution in [-0.2, 0) is 22.1 Å². The van der Waals surface area contributed by atoms with Crippen molar-refractivity contribution in [3.05, 3.63) is 66.7 Å². The van der Waals surface area contributed by atoms with Crippen LogP contribution in [0.5, 0.6) is 0 Å². The third-order valence-electron chi connectivity index (χ3n) is 4.25. The van der Waals surface area contributed by atoms with E-state index in [0.29, 0.717) is 34.1 Å². The average molecular weight is 388 g/mol. The Hall–Kier alpha value is -2.44. The number of carbonyl (C=O) groups excluding carboxylic acids is 1. The zero-order chi connectivity index (χ0) is 17.4. The molecule has 2 heterocycles. The fraction of sp³-hybridized carbons (Fsp3) is 0.158. The van der Waals surface area contributed by atoms with Crippen LogP contribution in [0.4, 0.5) is 11.4 Å². The van der Waals surface area contributed by atoms with E-state index in [4.69, 9.17) is 0 Å². The predicted molar refractivity (Wildman–Crippen MR) is 104 cm³/mol. The van der Waals surface area contributed by atoms with Gasteiger partial charge in [-0.3, -0.25) is 9.69 Å². The average Bonchev–Trinajstić information content (AvgIpc) is 3.13. The molecular formula is C19H18ClN3O2S. The van der Waals surface area contributed by atoms with Gasteiger partial charge in [0.05, 0.1) is 38.3 Å². The molecule has 134 valence electrons. The molecule has 1 aromatic heterocycles. The normalized spacial score (nSPS) is 15.0. The molecule has 0 saturated heterocycles. The summed E-state index contributed by atoms with van der Waals surface area (Å²) < 4.78 is 14.8. The Labute approximate surface area is 160 Å². The van der Waals surface area contributed by atoms with Gasteiger partial charge in [0.25, 0.3) is 0 Å². The number of aromatic nitrogens is 2. The highest BCUT2D eigenvalue weighted by Crippen LogP contribution is 2.42. The molecule has 0 N–H and O–H groups in total. The van der Waals surface area contributed by atoms with Gasteiger partial charge in [0.1, 0.15) is 0 Å². The molecule has 7 heteroatoms. The molecule has 5 nitrogen and oxygen atoms in total. The number of amides is 1. The molecule has 1 atom stereocenters. The van der Waals surface area contributed by atoms with Crippen LogP contribution < -0.4 is 4.90 Å². The van der Waals surface area contributed by atoms with E-state index in [1.807, 2.05) is 60.2 Å². The molecule has 1 aliphatic rings. The first-order valence-corrected chi connectivity index (χ1v) is 9.20.